The molecule has 0 aromatic heterocycles. The van der Waals surface area contributed by atoms with E-state index < -0.39 is 0 Å². The van der Waals surface area contributed by atoms with Crippen LogP contribution in [0.2, 0.25) is 0 Å². The van der Waals surface area contributed by atoms with Crippen LogP contribution in [0.25, 0.3) is 0 Å². The van der Waals surface area contributed by atoms with Crippen molar-refractivity contribution in [1.29, 1.82) is 0 Å². The summed E-state index contributed by atoms with van der Waals surface area (Å²) in [6.07, 6.45) is 3.62. The third-order valence-corrected chi connectivity index (χ3v) is 2.73. The van der Waals surface area contributed by atoms with Crippen molar-refractivity contribution in [2.45, 2.75) is 45.6 Å². The Bertz CT molecular complexity index is 241. The Hall–Kier alpha value is -1.06. The van der Waals surface area contributed by atoms with Crippen molar-refractivity contribution in [1.82, 2.24) is 10.6 Å². The Morgan fingerprint density at radius 1 is 1.67 bits per heavy atom. The molecule has 0 aromatic carbocycles. The summed E-state index contributed by atoms with van der Waals surface area (Å²) < 4.78 is 0. The fourth-order valence-electron chi connectivity index (χ4n) is 1.73. The van der Waals surface area contributed by atoms with Crippen LogP contribution in [0.1, 0.15) is 39.5 Å². The highest BCUT2D eigenvalue weighted by Gasteiger charge is 2.28. The highest BCUT2D eigenvalue weighted by Crippen LogP contribution is 2.09. The largest absolute Gasteiger partial charge is 0.355 e. The number of unbranched alkanes of at least 4 members (excludes halogenated alkanes) is 1. The van der Waals surface area contributed by atoms with Crippen LogP contribution >= 0.6 is 0 Å². The molecule has 1 aliphatic rings. The summed E-state index contributed by atoms with van der Waals surface area (Å²) in [6, 6.07) is 0.216. The van der Waals surface area contributed by atoms with Gasteiger partial charge in [0.1, 0.15) is 0 Å². The van der Waals surface area contributed by atoms with Crippen LogP contribution in [0.5, 0.6) is 0 Å². The molecule has 2 amide bonds. The number of amides is 2. The summed E-state index contributed by atoms with van der Waals surface area (Å²) in [5, 5.41) is 5.61. The maximum atomic E-state index is 11.7. The van der Waals surface area contributed by atoms with Crippen molar-refractivity contribution >= 4 is 11.8 Å². The van der Waals surface area contributed by atoms with Crippen molar-refractivity contribution in [2.75, 3.05) is 6.54 Å². The molecule has 1 heterocycles. The van der Waals surface area contributed by atoms with E-state index in [1.165, 1.54) is 0 Å². The molecule has 4 nitrogen and oxygen atoms in total. The van der Waals surface area contributed by atoms with Gasteiger partial charge in [-0.15, -0.1) is 0 Å². The lowest BCUT2D eigenvalue weighted by molar-refractivity contribution is -0.127. The molecule has 2 unspecified atom stereocenters. The van der Waals surface area contributed by atoms with Gasteiger partial charge in [-0.3, -0.25) is 9.59 Å². The molecule has 4 heteroatoms. The fraction of sp³-hybridized carbons (Fsp3) is 0.818. The van der Waals surface area contributed by atoms with E-state index in [1.807, 2.05) is 6.92 Å². The van der Waals surface area contributed by atoms with E-state index in [1.54, 1.807) is 0 Å². The van der Waals surface area contributed by atoms with Gasteiger partial charge in [-0.1, -0.05) is 19.8 Å². The molecule has 2 atom stereocenters. The molecular weight excluding hydrogens is 192 g/mol. The molecule has 15 heavy (non-hydrogen) atoms. The summed E-state index contributed by atoms with van der Waals surface area (Å²) in [4.78, 5) is 22.6. The minimum atomic E-state index is -0.165. The van der Waals surface area contributed by atoms with Crippen molar-refractivity contribution in [2.24, 2.45) is 5.92 Å². The Morgan fingerprint density at radius 3 is 2.93 bits per heavy atom. The molecule has 1 saturated heterocycles. The highest BCUT2D eigenvalue weighted by molar-refractivity contribution is 5.89. The molecule has 1 fully saturated rings. The Kier molecular flexibility index (Phi) is 4.59. The molecule has 0 bridgehead atoms. The summed E-state index contributed by atoms with van der Waals surface area (Å²) in [5.74, 6) is -0.171. The zero-order chi connectivity index (χ0) is 11.3. The van der Waals surface area contributed by atoms with E-state index in [2.05, 4.69) is 17.6 Å². The van der Waals surface area contributed by atoms with Gasteiger partial charge in [0.2, 0.25) is 11.8 Å². The van der Waals surface area contributed by atoms with Gasteiger partial charge in [0, 0.05) is 19.0 Å². The first kappa shape index (κ1) is 12.0. The van der Waals surface area contributed by atoms with Crippen molar-refractivity contribution in [3.05, 3.63) is 0 Å². The first-order valence-electron chi connectivity index (χ1n) is 5.70. The van der Waals surface area contributed by atoms with E-state index in [9.17, 15) is 9.59 Å². The Morgan fingerprint density at radius 2 is 2.40 bits per heavy atom. The summed E-state index contributed by atoms with van der Waals surface area (Å²) >= 11 is 0. The van der Waals surface area contributed by atoms with E-state index in [0.29, 0.717) is 13.0 Å². The summed E-state index contributed by atoms with van der Waals surface area (Å²) in [5.41, 5.74) is 0. The molecular formula is C11H20N2O2. The maximum Gasteiger partial charge on any atom is 0.225 e. The molecule has 1 aliphatic heterocycles. The van der Waals surface area contributed by atoms with E-state index in [4.69, 9.17) is 0 Å². The fourth-order valence-corrected chi connectivity index (χ4v) is 1.73. The minimum Gasteiger partial charge on any atom is -0.355 e. The molecule has 86 valence electrons. The average Bonchev–Trinajstić information content (AvgIpc) is 2.61. The number of nitrogens with one attached hydrogen (secondary N) is 2. The standard InChI is InChI=1S/C11H20N2O2/c1-3-4-5-8(2)13-11(15)9-6-10(14)12-7-9/h8-9H,3-7H2,1-2H3,(H,12,14)(H,13,15). The normalized spacial score (nSPS) is 22.3. The molecule has 0 aromatic rings. The van der Waals surface area contributed by atoms with Crippen LogP contribution in [0.4, 0.5) is 0 Å². The maximum absolute atomic E-state index is 11.7. The summed E-state index contributed by atoms with van der Waals surface area (Å²) in [7, 11) is 0. The van der Waals surface area contributed by atoms with Gasteiger partial charge in [-0.25, -0.2) is 0 Å². The number of carbonyl (C=O) groups excluding carboxylic acids is 2. The first-order valence-corrected chi connectivity index (χ1v) is 5.70. The molecule has 0 aliphatic carbocycles. The third-order valence-electron chi connectivity index (χ3n) is 2.73. The minimum absolute atomic E-state index is 0.0111. The predicted molar refractivity (Wildman–Crippen MR) is 58.2 cm³/mol. The van der Waals surface area contributed by atoms with Gasteiger partial charge in [-0.2, -0.15) is 0 Å². The second-order valence-electron chi connectivity index (χ2n) is 4.26. The van der Waals surface area contributed by atoms with E-state index in [0.717, 1.165) is 19.3 Å². The number of carbonyl (C=O) groups is 2. The lowest BCUT2D eigenvalue weighted by atomic mass is 10.1. The number of hydrogen-bond donors (Lipinski definition) is 2. The van der Waals surface area contributed by atoms with Crippen LogP contribution in [0, 0.1) is 5.92 Å². The molecule has 2 N–H and O–H groups in total. The lowest BCUT2D eigenvalue weighted by Gasteiger charge is -2.15. The van der Waals surface area contributed by atoms with Crippen LogP contribution in [-0.4, -0.2) is 24.4 Å². The zero-order valence-corrected chi connectivity index (χ0v) is 9.51. The van der Waals surface area contributed by atoms with Crippen LogP contribution in [0.15, 0.2) is 0 Å². The van der Waals surface area contributed by atoms with Crippen molar-refractivity contribution in [3.63, 3.8) is 0 Å². The third kappa shape index (κ3) is 3.90. The lowest BCUT2D eigenvalue weighted by Crippen LogP contribution is -2.37. The molecule has 0 radical (unpaired) electrons. The highest BCUT2D eigenvalue weighted by atomic mass is 16.2. The molecule has 0 spiro atoms. The average molecular weight is 212 g/mol. The SMILES string of the molecule is CCCCC(C)NC(=O)C1CNC(=O)C1. The second-order valence-corrected chi connectivity index (χ2v) is 4.26. The van der Waals surface area contributed by atoms with Crippen LogP contribution in [-0.2, 0) is 9.59 Å². The Balaban J connectivity index is 2.25. The van der Waals surface area contributed by atoms with Crippen molar-refractivity contribution in [3.8, 4) is 0 Å². The number of hydrogen-bond acceptors (Lipinski definition) is 2. The zero-order valence-electron chi connectivity index (χ0n) is 9.51. The van der Waals surface area contributed by atoms with Gasteiger partial charge in [0.05, 0.1) is 5.92 Å². The van der Waals surface area contributed by atoms with Crippen molar-refractivity contribution < 1.29 is 9.59 Å². The predicted octanol–water partition coefficient (Wildman–Crippen LogP) is 0.817. The van der Waals surface area contributed by atoms with Gasteiger partial charge in [-0.05, 0) is 13.3 Å². The first-order chi connectivity index (χ1) is 7.13. The van der Waals surface area contributed by atoms with Crippen LogP contribution in [0.3, 0.4) is 0 Å². The van der Waals surface area contributed by atoms with E-state index >= 15 is 0 Å². The van der Waals surface area contributed by atoms with Crippen LogP contribution < -0.4 is 10.6 Å². The number of rotatable bonds is 5. The molecule has 1 rings (SSSR count). The Labute approximate surface area is 90.8 Å². The van der Waals surface area contributed by atoms with Gasteiger partial charge in [0.25, 0.3) is 0 Å². The van der Waals surface area contributed by atoms with E-state index in [-0.39, 0.29) is 23.8 Å². The quantitative estimate of drug-likeness (QED) is 0.708. The topological polar surface area (TPSA) is 58.2 Å². The summed E-state index contributed by atoms with van der Waals surface area (Å²) in [6.45, 7) is 4.64. The van der Waals surface area contributed by atoms with Gasteiger partial charge in [0.15, 0.2) is 0 Å². The van der Waals surface area contributed by atoms with Gasteiger partial charge >= 0.3 is 0 Å². The monoisotopic (exact) mass is 212 g/mol. The smallest absolute Gasteiger partial charge is 0.225 e. The second kappa shape index (κ2) is 5.73. The molecule has 0 saturated carbocycles. The van der Waals surface area contributed by atoms with Gasteiger partial charge < -0.3 is 10.6 Å².